The molecule has 0 aliphatic heterocycles. The Bertz CT molecular complexity index is 534. The Kier molecular flexibility index (Phi) is 3.62. The van der Waals surface area contributed by atoms with Crippen molar-refractivity contribution in [1.82, 2.24) is 14.8 Å². The second-order valence-electron chi connectivity index (χ2n) is 4.46. The Morgan fingerprint density at radius 2 is 2.22 bits per heavy atom. The number of hydrogen-bond donors (Lipinski definition) is 1. The Morgan fingerprint density at radius 3 is 2.78 bits per heavy atom. The van der Waals surface area contributed by atoms with Crippen molar-refractivity contribution in [2.75, 3.05) is 0 Å². The van der Waals surface area contributed by atoms with Gasteiger partial charge in [-0.15, -0.1) is 10.2 Å². The summed E-state index contributed by atoms with van der Waals surface area (Å²) in [6, 6.07) is 6.03. The van der Waals surface area contributed by atoms with Crippen molar-refractivity contribution in [2.45, 2.75) is 26.5 Å². The second kappa shape index (κ2) is 5.18. The summed E-state index contributed by atoms with van der Waals surface area (Å²) in [6.07, 6.45) is 1.66. The van der Waals surface area contributed by atoms with Gasteiger partial charge in [0.15, 0.2) is 5.82 Å². The largest absolute Gasteiger partial charge is 0.485 e. The van der Waals surface area contributed by atoms with Gasteiger partial charge in [0.05, 0.1) is 0 Å². The van der Waals surface area contributed by atoms with E-state index in [9.17, 15) is 0 Å². The fourth-order valence-corrected chi connectivity index (χ4v) is 1.70. The number of nitrogens with two attached hydrogens (primary N) is 1. The van der Waals surface area contributed by atoms with Crippen molar-refractivity contribution >= 4 is 0 Å². The molecule has 1 atom stereocenters. The van der Waals surface area contributed by atoms with E-state index >= 15 is 0 Å². The number of nitrogens with zero attached hydrogens (tertiary/aromatic N) is 3. The maximum atomic E-state index is 5.84. The van der Waals surface area contributed by atoms with Gasteiger partial charge in [0, 0.05) is 13.1 Å². The molecule has 1 aromatic heterocycles. The highest BCUT2D eigenvalue weighted by atomic mass is 16.5. The Morgan fingerprint density at radius 1 is 1.44 bits per heavy atom. The fraction of sp³-hybridized carbons (Fsp3) is 0.385. The minimum atomic E-state index is 0.0384. The number of hydrogen-bond acceptors (Lipinski definition) is 4. The maximum Gasteiger partial charge on any atom is 0.170 e. The van der Waals surface area contributed by atoms with Crippen LogP contribution in [-0.4, -0.2) is 14.8 Å². The monoisotopic (exact) mass is 246 g/mol. The number of aromatic nitrogens is 3. The molecule has 2 rings (SSSR count). The molecule has 0 fully saturated rings. The summed E-state index contributed by atoms with van der Waals surface area (Å²) in [6.45, 7) is 4.39. The summed E-state index contributed by atoms with van der Waals surface area (Å²) >= 11 is 0. The molecule has 1 unspecified atom stereocenters. The van der Waals surface area contributed by atoms with Crippen LogP contribution >= 0.6 is 0 Å². The van der Waals surface area contributed by atoms with Crippen LogP contribution in [0.3, 0.4) is 0 Å². The first kappa shape index (κ1) is 12.6. The second-order valence-corrected chi connectivity index (χ2v) is 4.46. The molecule has 0 amide bonds. The quantitative estimate of drug-likeness (QED) is 0.892. The van der Waals surface area contributed by atoms with E-state index in [1.165, 1.54) is 0 Å². The van der Waals surface area contributed by atoms with E-state index in [1.54, 1.807) is 6.33 Å². The summed E-state index contributed by atoms with van der Waals surface area (Å²) in [5.74, 6) is 1.65. The van der Waals surface area contributed by atoms with Crippen molar-refractivity contribution in [3.63, 3.8) is 0 Å². The van der Waals surface area contributed by atoms with Crippen LogP contribution in [0.5, 0.6) is 5.75 Å². The average Bonchev–Trinajstić information content (AvgIpc) is 2.73. The first-order chi connectivity index (χ1) is 8.58. The van der Waals surface area contributed by atoms with Gasteiger partial charge in [-0.1, -0.05) is 12.1 Å². The smallest absolute Gasteiger partial charge is 0.170 e. The standard InChI is InChI=1S/C13H18N4O/c1-9-6-11(10(2)14)4-5-12(9)18-7-13-16-15-8-17(13)3/h4-6,8,10H,7,14H2,1-3H3. The van der Waals surface area contributed by atoms with E-state index in [1.807, 2.05) is 37.6 Å². The van der Waals surface area contributed by atoms with Crippen molar-refractivity contribution < 1.29 is 4.74 Å². The molecule has 0 saturated heterocycles. The van der Waals surface area contributed by atoms with Crippen molar-refractivity contribution in [1.29, 1.82) is 0 Å². The Hall–Kier alpha value is -1.88. The molecule has 0 aliphatic rings. The zero-order valence-corrected chi connectivity index (χ0v) is 10.9. The molecule has 5 nitrogen and oxygen atoms in total. The normalized spacial score (nSPS) is 12.4. The zero-order valence-electron chi connectivity index (χ0n) is 10.9. The highest BCUT2D eigenvalue weighted by Gasteiger charge is 2.06. The van der Waals surface area contributed by atoms with E-state index in [0.29, 0.717) is 6.61 Å². The lowest BCUT2D eigenvalue weighted by Crippen LogP contribution is -2.06. The fourth-order valence-electron chi connectivity index (χ4n) is 1.70. The molecule has 0 spiro atoms. The maximum absolute atomic E-state index is 5.84. The number of aryl methyl sites for hydroxylation is 2. The van der Waals surface area contributed by atoms with Crippen LogP contribution in [0, 0.1) is 6.92 Å². The summed E-state index contributed by atoms with van der Waals surface area (Å²) < 4.78 is 7.57. The van der Waals surface area contributed by atoms with E-state index < -0.39 is 0 Å². The van der Waals surface area contributed by atoms with E-state index in [0.717, 1.165) is 22.7 Å². The average molecular weight is 246 g/mol. The van der Waals surface area contributed by atoms with Crippen LogP contribution in [0.25, 0.3) is 0 Å². The van der Waals surface area contributed by atoms with Crippen molar-refractivity contribution in [2.24, 2.45) is 12.8 Å². The van der Waals surface area contributed by atoms with Gasteiger partial charge in [-0.05, 0) is 31.0 Å². The van der Waals surface area contributed by atoms with Gasteiger partial charge in [-0.2, -0.15) is 0 Å². The van der Waals surface area contributed by atoms with Gasteiger partial charge in [0.1, 0.15) is 18.7 Å². The highest BCUT2D eigenvalue weighted by molar-refractivity contribution is 5.37. The SMILES string of the molecule is Cc1cc(C(C)N)ccc1OCc1nncn1C. The first-order valence-electron chi connectivity index (χ1n) is 5.89. The molecular weight excluding hydrogens is 228 g/mol. The molecule has 0 bridgehead atoms. The van der Waals surface area contributed by atoms with Gasteiger partial charge in [0.2, 0.25) is 0 Å². The highest BCUT2D eigenvalue weighted by Crippen LogP contribution is 2.22. The summed E-state index contributed by atoms with van der Waals surface area (Å²) in [5, 5.41) is 7.78. The molecule has 96 valence electrons. The van der Waals surface area contributed by atoms with Crippen LogP contribution in [0.4, 0.5) is 0 Å². The van der Waals surface area contributed by atoms with Gasteiger partial charge >= 0.3 is 0 Å². The topological polar surface area (TPSA) is 66.0 Å². The van der Waals surface area contributed by atoms with E-state index in [-0.39, 0.29) is 6.04 Å². The third kappa shape index (κ3) is 2.68. The predicted octanol–water partition coefficient (Wildman–Crippen LogP) is 1.72. The van der Waals surface area contributed by atoms with Crippen molar-refractivity contribution in [3.05, 3.63) is 41.5 Å². The zero-order chi connectivity index (χ0) is 13.1. The van der Waals surface area contributed by atoms with Gasteiger partial charge in [-0.3, -0.25) is 0 Å². The Labute approximate surface area is 107 Å². The van der Waals surface area contributed by atoms with Gasteiger partial charge in [-0.25, -0.2) is 0 Å². The third-order valence-corrected chi connectivity index (χ3v) is 2.89. The summed E-state index contributed by atoms with van der Waals surface area (Å²) in [5.41, 5.74) is 8.03. The number of rotatable bonds is 4. The van der Waals surface area contributed by atoms with Crippen LogP contribution in [-0.2, 0) is 13.7 Å². The molecule has 0 saturated carbocycles. The molecule has 0 radical (unpaired) electrons. The van der Waals surface area contributed by atoms with Crippen LogP contribution in [0.1, 0.15) is 29.9 Å². The van der Waals surface area contributed by atoms with Gasteiger partial charge in [0.25, 0.3) is 0 Å². The van der Waals surface area contributed by atoms with Gasteiger partial charge < -0.3 is 15.0 Å². The van der Waals surface area contributed by atoms with Crippen LogP contribution in [0.15, 0.2) is 24.5 Å². The van der Waals surface area contributed by atoms with Crippen LogP contribution in [0.2, 0.25) is 0 Å². The lowest BCUT2D eigenvalue weighted by Gasteiger charge is -2.12. The summed E-state index contributed by atoms with van der Waals surface area (Å²) in [7, 11) is 1.89. The third-order valence-electron chi connectivity index (χ3n) is 2.89. The molecule has 1 heterocycles. The molecule has 1 aromatic carbocycles. The summed E-state index contributed by atoms with van der Waals surface area (Å²) in [4.78, 5) is 0. The number of ether oxygens (including phenoxy) is 1. The molecule has 18 heavy (non-hydrogen) atoms. The molecule has 0 aliphatic carbocycles. The van der Waals surface area contributed by atoms with Crippen LogP contribution < -0.4 is 10.5 Å². The molecule has 5 heteroatoms. The van der Waals surface area contributed by atoms with Crippen molar-refractivity contribution in [3.8, 4) is 5.75 Å². The lowest BCUT2D eigenvalue weighted by molar-refractivity contribution is 0.289. The molecular formula is C13H18N4O. The number of benzene rings is 1. The first-order valence-corrected chi connectivity index (χ1v) is 5.89. The Balaban J connectivity index is 2.08. The molecule has 2 aromatic rings. The minimum Gasteiger partial charge on any atom is -0.485 e. The predicted molar refractivity (Wildman–Crippen MR) is 69.1 cm³/mol. The minimum absolute atomic E-state index is 0.0384. The van der Waals surface area contributed by atoms with E-state index in [4.69, 9.17) is 10.5 Å². The van der Waals surface area contributed by atoms with E-state index in [2.05, 4.69) is 16.3 Å². The molecule has 2 N–H and O–H groups in total. The lowest BCUT2D eigenvalue weighted by atomic mass is 10.1.